The second-order valence-electron chi connectivity index (χ2n) is 3.56. The Hall–Kier alpha value is -0.160. The molecule has 0 aliphatic rings. The molecule has 2 aromatic rings. The molecule has 84 valence electrons. The van der Waals surface area contributed by atoms with Crippen LogP contribution < -0.4 is 0 Å². The molecule has 0 spiro atoms. The van der Waals surface area contributed by atoms with Gasteiger partial charge in [-0.25, -0.2) is 0 Å². The van der Waals surface area contributed by atoms with Crippen LogP contribution >= 0.6 is 43.2 Å². The van der Waals surface area contributed by atoms with Gasteiger partial charge in [0.25, 0.3) is 0 Å². The van der Waals surface area contributed by atoms with E-state index >= 15 is 0 Å². The van der Waals surface area contributed by atoms with Crippen molar-refractivity contribution in [2.45, 2.75) is 13.0 Å². The number of aliphatic hydroxyl groups excluding tert-OH is 1. The van der Waals surface area contributed by atoms with Crippen LogP contribution in [0, 0.1) is 6.92 Å². The largest absolute Gasteiger partial charge is 0.383 e. The van der Waals surface area contributed by atoms with Crippen molar-refractivity contribution in [3.63, 3.8) is 0 Å². The SMILES string of the molecule is Cc1cc(C(O)c2cccc(Br)c2)sc1Br. The highest BCUT2D eigenvalue weighted by Gasteiger charge is 2.14. The molecule has 4 heteroatoms. The third kappa shape index (κ3) is 2.56. The van der Waals surface area contributed by atoms with E-state index < -0.39 is 6.10 Å². The molecule has 2 rings (SSSR count). The van der Waals surface area contributed by atoms with E-state index in [2.05, 4.69) is 31.9 Å². The van der Waals surface area contributed by atoms with E-state index in [-0.39, 0.29) is 0 Å². The van der Waals surface area contributed by atoms with Crippen molar-refractivity contribution in [2.75, 3.05) is 0 Å². The van der Waals surface area contributed by atoms with Gasteiger partial charge >= 0.3 is 0 Å². The number of hydrogen-bond donors (Lipinski definition) is 1. The normalized spacial score (nSPS) is 12.8. The number of thiophene rings is 1. The molecule has 0 bridgehead atoms. The molecule has 0 aliphatic carbocycles. The van der Waals surface area contributed by atoms with Gasteiger partial charge in [-0.1, -0.05) is 28.1 Å². The average molecular weight is 362 g/mol. The first-order chi connectivity index (χ1) is 7.58. The maximum Gasteiger partial charge on any atom is 0.113 e. The summed E-state index contributed by atoms with van der Waals surface area (Å²) in [6.45, 7) is 2.03. The Morgan fingerprint density at radius 1 is 1.25 bits per heavy atom. The lowest BCUT2D eigenvalue weighted by Crippen LogP contribution is -1.96. The van der Waals surface area contributed by atoms with Crippen LogP contribution in [-0.2, 0) is 0 Å². The van der Waals surface area contributed by atoms with Crippen LogP contribution in [0.1, 0.15) is 22.1 Å². The van der Waals surface area contributed by atoms with E-state index in [4.69, 9.17) is 0 Å². The summed E-state index contributed by atoms with van der Waals surface area (Å²) in [6.07, 6.45) is -0.549. The standard InChI is InChI=1S/C12H10Br2OS/c1-7-5-10(16-12(7)14)11(15)8-3-2-4-9(13)6-8/h2-6,11,15H,1H3. The Balaban J connectivity index is 2.35. The molecule has 1 nitrogen and oxygen atoms in total. The Morgan fingerprint density at radius 3 is 2.56 bits per heavy atom. The average Bonchev–Trinajstić information content (AvgIpc) is 2.58. The molecule has 0 saturated heterocycles. The second kappa shape index (κ2) is 5.00. The maximum atomic E-state index is 10.2. The Morgan fingerprint density at radius 2 is 2.00 bits per heavy atom. The van der Waals surface area contributed by atoms with Crippen molar-refractivity contribution in [1.29, 1.82) is 0 Å². The second-order valence-corrected chi connectivity index (χ2v) is 6.88. The summed E-state index contributed by atoms with van der Waals surface area (Å²) in [4.78, 5) is 0.961. The number of aliphatic hydroxyl groups is 1. The van der Waals surface area contributed by atoms with Crippen LogP contribution in [0.15, 0.2) is 38.6 Å². The lowest BCUT2D eigenvalue weighted by Gasteiger charge is -2.08. The first-order valence-corrected chi connectivity index (χ1v) is 7.17. The summed E-state index contributed by atoms with van der Waals surface area (Å²) in [5.41, 5.74) is 2.07. The third-order valence-electron chi connectivity index (χ3n) is 2.31. The van der Waals surface area contributed by atoms with Crippen LogP contribution in [0.4, 0.5) is 0 Å². The van der Waals surface area contributed by atoms with Crippen molar-refractivity contribution < 1.29 is 5.11 Å². The number of aryl methyl sites for hydroxylation is 1. The van der Waals surface area contributed by atoms with E-state index in [1.165, 1.54) is 0 Å². The molecule has 1 aromatic heterocycles. The summed E-state index contributed by atoms with van der Waals surface area (Å²) in [5.74, 6) is 0. The summed E-state index contributed by atoms with van der Waals surface area (Å²) >= 11 is 8.45. The van der Waals surface area contributed by atoms with Gasteiger partial charge in [0, 0.05) is 9.35 Å². The molecule has 16 heavy (non-hydrogen) atoms. The monoisotopic (exact) mass is 360 g/mol. The van der Waals surface area contributed by atoms with Crippen molar-refractivity contribution in [1.82, 2.24) is 0 Å². The highest BCUT2D eigenvalue weighted by Crippen LogP contribution is 2.34. The zero-order chi connectivity index (χ0) is 11.7. The van der Waals surface area contributed by atoms with E-state index in [9.17, 15) is 5.11 Å². The van der Waals surface area contributed by atoms with E-state index in [1.54, 1.807) is 11.3 Å². The molecule has 0 radical (unpaired) electrons. The quantitative estimate of drug-likeness (QED) is 0.824. The summed E-state index contributed by atoms with van der Waals surface area (Å²) in [7, 11) is 0. The number of halogens is 2. The number of rotatable bonds is 2. The van der Waals surface area contributed by atoms with Crippen LogP contribution in [0.3, 0.4) is 0 Å². The molecule has 1 aromatic carbocycles. The highest BCUT2D eigenvalue weighted by molar-refractivity contribution is 9.11. The van der Waals surface area contributed by atoms with Gasteiger partial charge in [-0.15, -0.1) is 11.3 Å². The van der Waals surface area contributed by atoms with Crippen LogP contribution in [-0.4, -0.2) is 5.11 Å². The topological polar surface area (TPSA) is 20.2 Å². The molecule has 0 amide bonds. The molecule has 1 N–H and O–H groups in total. The van der Waals surface area contributed by atoms with Gasteiger partial charge in [0.05, 0.1) is 3.79 Å². The van der Waals surface area contributed by atoms with Crippen LogP contribution in [0.5, 0.6) is 0 Å². The predicted molar refractivity (Wildman–Crippen MR) is 75.0 cm³/mol. The van der Waals surface area contributed by atoms with Gasteiger partial charge in [0.2, 0.25) is 0 Å². The molecule has 0 saturated carbocycles. The van der Waals surface area contributed by atoms with Gasteiger partial charge in [0.1, 0.15) is 6.10 Å². The van der Waals surface area contributed by atoms with Crippen LogP contribution in [0.2, 0.25) is 0 Å². The Kier molecular flexibility index (Phi) is 3.85. The zero-order valence-corrected chi connectivity index (χ0v) is 12.6. The third-order valence-corrected chi connectivity index (χ3v) is 4.99. The van der Waals surface area contributed by atoms with Gasteiger partial charge < -0.3 is 5.11 Å². The van der Waals surface area contributed by atoms with Crippen molar-refractivity contribution in [3.8, 4) is 0 Å². The summed E-state index contributed by atoms with van der Waals surface area (Å²) in [6, 6.07) is 9.76. The predicted octanol–water partition coefficient (Wildman–Crippen LogP) is 4.66. The number of hydrogen-bond acceptors (Lipinski definition) is 2. The van der Waals surface area contributed by atoms with Crippen LogP contribution in [0.25, 0.3) is 0 Å². The molecule has 0 fully saturated rings. The summed E-state index contributed by atoms with van der Waals surface area (Å²) in [5, 5.41) is 10.2. The Labute approximate surface area is 115 Å². The number of benzene rings is 1. The van der Waals surface area contributed by atoms with Crippen molar-refractivity contribution in [2.24, 2.45) is 0 Å². The molecule has 1 unspecified atom stereocenters. The first kappa shape index (κ1) is 12.3. The highest BCUT2D eigenvalue weighted by atomic mass is 79.9. The fraction of sp³-hybridized carbons (Fsp3) is 0.167. The maximum absolute atomic E-state index is 10.2. The zero-order valence-electron chi connectivity index (χ0n) is 8.58. The minimum Gasteiger partial charge on any atom is -0.383 e. The van der Waals surface area contributed by atoms with E-state index in [0.717, 1.165) is 24.3 Å². The van der Waals surface area contributed by atoms with Gasteiger partial charge in [-0.2, -0.15) is 0 Å². The molecule has 1 atom stereocenters. The van der Waals surface area contributed by atoms with E-state index in [0.29, 0.717) is 0 Å². The van der Waals surface area contributed by atoms with Gasteiger partial charge in [-0.05, 0) is 52.2 Å². The molecular formula is C12H10Br2OS. The minimum atomic E-state index is -0.549. The van der Waals surface area contributed by atoms with Gasteiger partial charge in [-0.3, -0.25) is 0 Å². The van der Waals surface area contributed by atoms with Crippen molar-refractivity contribution in [3.05, 3.63) is 54.6 Å². The minimum absolute atomic E-state index is 0.549. The Bertz CT molecular complexity index is 488. The lowest BCUT2D eigenvalue weighted by molar-refractivity contribution is 0.224. The summed E-state index contributed by atoms with van der Waals surface area (Å²) < 4.78 is 2.06. The molecule has 0 aliphatic heterocycles. The smallest absolute Gasteiger partial charge is 0.113 e. The van der Waals surface area contributed by atoms with E-state index in [1.807, 2.05) is 37.3 Å². The van der Waals surface area contributed by atoms with Crippen molar-refractivity contribution >= 4 is 43.2 Å². The lowest BCUT2D eigenvalue weighted by atomic mass is 10.1. The fourth-order valence-corrected chi connectivity index (χ4v) is 3.46. The first-order valence-electron chi connectivity index (χ1n) is 4.77. The molecular weight excluding hydrogens is 352 g/mol. The molecule has 1 heterocycles. The fourth-order valence-electron chi connectivity index (χ4n) is 1.46. The van der Waals surface area contributed by atoms with Gasteiger partial charge in [0.15, 0.2) is 0 Å².